The summed E-state index contributed by atoms with van der Waals surface area (Å²) < 4.78 is 25.1. The van der Waals surface area contributed by atoms with Crippen LogP contribution in [0.4, 0.5) is 11.5 Å². The van der Waals surface area contributed by atoms with E-state index in [-0.39, 0.29) is 16.6 Å². The third-order valence-corrected chi connectivity index (χ3v) is 5.82. The molecule has 0 atom stereocenters. The summed E-state index contributed by atoms with van der Waals surface area (Å²) in [5.41, 5.74) is 1.51. The van der Waals surface area contributed by atoms with E-state index in [0.717, 1.165) is 5.82 Å². The van der Waals surface area contributed by atoms with E-state index in [1.54, 1.807) is 72.9 Å². The van der Waals surface area contributed by atoms with Crippen molar-refractivity contribution in [2.24, 2.45) is 0 Å². The minimum Gasteiger partial charge on any atom is -0.363 e. The van der Waals surface area contributed by atoms with E-state index in [2.05, 4.69) is 10.3 Å². The van der Waals surface area contributed by atoms with Gasteiger partial charge in [0.05, 0.1) is 22.5 Å². The summed E-state index contributed by atoms with van der Waals surface area (Å²) >= 11 is 0. The first-order valence-corrected chi connectivity index (χ1v) is 10.3. The van der Waals surface area contributed by atoms with E-state index in [1.807, 2.05) is 19.0 Å². The molecule has 1 aromatic heterocycles. The highest BCUT2D eigenvalue weighted by Gasteiger charge is 2.16. The van der Waals surface area contributed by atoms with Gasteiger partial charge in [0.2, 0.25) is 0 Å². The number of benzene rings is 2. The minimum absolute atomic E-state index is 0.169. The van der Waals surface area contributed by atoms with Crippen LogP contribution in [0.25, 0.3) is 0 Å². The molecule has 0 aliphatic heterocycles. The van der Waals surface area contributed by atoms with Crippen molar-refractivity contribution in [3.63, 3.8) is 0 Å². The number of nitrogens with zero attached hydrogens (tertiary/aromatic N) is 2. The van der Waals surface area contributed by atoms with Gasteiger partial charge in [0, 0.05) is 19.7 Å². The summed E-state index contributed by atoms with van der Waals surface area (Å²) in [6.07, 6.45) is 1.58. The second-order valence-corrected chi connectivity index (χ2v) is 8.52. The quantitative estimate of drug-likeness (QED) is 0.692. The van der Waals surface area contributed by atoms with Gasteiger partial charge in [-0.15, -0.1) is 0 Å². The van der Waals surface area contributed by atoms with E-state index < -0.39 is 9.84 Å². The Morgan fingerprint density at radius 1 is 1.00 bits per heavy atom. The third-order valence-electron chi connectivity index (χ3n) is 4.11. The van der Waals surface area contributed by atoms with Crippen LogP contribution >= 0.6 is 0 Å². The molecule has 6 nitrogen and oxygen atoms in total. The lowest BCUT2D eigenvalue weighted by Crippen LogP contribution is -2.14. The van der Waals surface area contributed by atoms with E-state index in [0.29, 0.717) is 16.8 Å². The number of carbonyl (C=O) groups is 1. The predicted molar refractivity (Wildman–Crippen MR) is 110 cm³/mol. The molecule has 0 unspecified atom stereocenters. The lowest BCUT2D eigenvalue weighted by atomic mass is 10.1. The molecule has 1 amide bonds. The highest BCUT2D eigenvalue weighted by atomic mass is 32.2. The Kier molecular flexibility index (Phi) is 5.75. The molecule has 1 heterocycles. The van der Waals surface area contributed by atoms with Gasteiger partial charge in [-0.3, -0.25) is 4.79 Å². The Labute approximate surface area is 164 Å². The fourth-order valence-corrected chi connectivity index (χ4v) is 4.02. The van der Waals surface area contributed by atoms with Crippen molar-refractivity contribution in [1.29, 1.82) is 0 Å². The van der Waals surface area contributed by atoms with Crippen LogP contribution in [-0.2, 0) is 15.6 Å². The van der Waals surface area contributed by atoms with Gasteiger partial charge in [-0.05, 0) is 42.0 Å². The zero-order chi connectivity index (χ0) is 20.1. The van der Waals surface area contributed by atoms with Gasteiger partial charge in [-0.1, -0.05) is 30.3 Å². The number of hydrogen-bond donors (Lipinski definition) is 1. The van der Waals surface area contributed by atoms with E-state index in [4.69, 9.17) is 0 Å². The van der Waals surface area contributed by atoms with Crippen LogP contribution < -0.4 is 10.2 Å². The first kappa shape index (κ1) is 19.6. The number of hydrogen-bond acceptors (Lipinski definition) is 5. The number of aromatic nitrogens is 1. The summed E-state index contributed by atoms with van der Waals surface area (Å²) in [5, 5.41) is 2.78. The first-order chi connectivity index (χ1) is 13.3. The van der Waals surface area contributed by atoms with Crippen LogP contribution in [0.5, 0.6) is 0 Å². The average molecular weight is 395 g/mol. The van der Waals surface area contributed by atoms with Crippen LogP contribution in [-0.4, -0.2) is 33.4 Å². The lowest BCUT2D eigenvalue weighted by molar-refractivity contribution is 0.102. The lowest BCUT2D eigenvalue weighted by Gasteiger charge is -2.12. The van der Waals surface area contributed by atoms with E-state index >= 15 is 0 Å². The molecular formula is C21H21N3O3S. The number of pyridine rings is 1. The van der Waals surface area contributed by atoms with Gasteiger partial charge < -0.3 is 10.2 Å². The SMILES string of the molecule is CN(C)c1ccc(NC(=O)c2cccc(CS(=O)(=O)c3ccccc3)c2)cn1. The second-order valence-electron chi connectivity index (χ2n) is 6.53. The highest BCUT2D eigenvalue weighted by Crippen LogP contribution is 2.18. The standard InChI is InChI=1S/C21H21N3O3S/c1-24(2)20-12-11-18(14-22-20)23-21(25)17-8-6-7-16(13-17)15-28(26,27)19-9-4-3-5-10-19/h3-14H,15H2,1-2H3,(H,23,25). The number of carbonyl (C=O) groups excluding carboxylic acids is 1. The molecular weight excluding hydrogens is 374 g/mol. The van der Waals surface area contributed by atoms with Gasteiger partial charge in [0.25, 0.3) is 5.91 Å². The Hall–Kier alpha value is -3.19. The summed E-state index contributed by atoms with van der Waals surface area (Å²) in [4.78, 5) is 18.9. The van der Waals surface area contributed by atoms with Crippen molar-refractivity contribution in [3.8, 4) is 0 Å². The van der Waals surface area contributed by atoms with Gasteiger partial charge in [0.15, 0.2) is 9.84 Å². The van der Waals surface area contributed by atoms with Crippen LogP contribution in [0.2, 0.25) is 0 Å². The fourth-order valence-electron chi connectivity index (χ4n) is 2.66. The molecule has 28 heavy (non-hydrogen) atoms. The monoisotopic (exact) mass is 395 g/mol. The van der Waals surface area contributed by atoms with Gasteiger partial charge >= 0.3 is 0 Å². The molecule has 3 aromatic rings. The van der Waals surface area contributed by atoms with E-state index in [9.17, 15) is 13.2 Å². The fraction of sp³-hybridized carbons (Fsp3) is 0.143. The largest absolute Gasteiger partial charge is 0.363 e. The molecule has 0 aliphatic rings. The summed E-state index contributed by atoms with van der Waals surface area (Å²) in [6, 6.07) is 18.5. The maximum Gasteiger partial charge on any atom is 0.255 e. The molecule has 0 aliphatic carbocycles. The Balaban J connectivity index is 1.74. The number of nitrogens with one attached hydrogen (secondary N) is 1. The van der Waals surface area contributed by atoms with Crippen molar-refractivity contribution in [3.05, 3.63) is 84.1 Å². The zero-order valence-corrected chi connectivity index (χ0v) is 16.5. The minimum atomic E-state index is -3.47. The highest BCUT2D eigenvalue weighted by molar-refractivity contribution is 7.90. The first-order valence-electron chi connectivity index (χ1n) is 8.67. The van der Waals surface area contributed by atoms with Gasteiger partial charge in [-0.2, -0.15) is 0 Å². The van der Waals surface area contributed by atoms with E-state index in [1.165, 1.54) is 0 Å². The summed E-state index contributed by atoms with van der Waals surface area (Å²) in [6.45, 7) is 0. The molecule has 2 aromatic carbocycles. The molecule has 0 saturated heterocycles. The Morgan fingerprint density at radius 2 is 1.75 bits per heavy atom. The van der Waals surface area contributed by atoms with Gasteiger partial charge in [0.1, 0.15) is 5.82 Å². The summed E-state index contributed by atoms with van der Waals surface area (Å²) in [5.74, 6) is 0.293. The molecule has 0 bridgehead atoms. The Bertz CT molecular complexity index is 1060. The smallest absolute Gasteiger partial charge is 0.255 e. The third kappa shape index (κ3) is 4.75. The molecule has 7 heteroatoms. The molecule has 0 fully saturated rings. The number of anilines is 2. The second kappa shape index (κ2) is 8.22. The molecule has 0 radical (unpaired) electrons. The maximum absolute atomic E-state index is 12.5. The van der Waals surface area contributed by atoms with Gasteiger partial charge in [-0.25, -0.2) is 13.4 Å². The summed E-state index contributed by atoms with van der Waals surface area (Å²) in [7, 11) is 0.295. The Morgan fingerprint density at radius 3 is 2.39 bits per heavy atom. The van der Waals surface area contributed by atoms with Crippen molar-refractivity contribution in [1.82, 2.24) is 4.98 Å². The van der Waals surface area contributed by atoms with Crippen molar-refractivity contribution in [2.45, 2.75) is 10.6 Å². The molecule has 1 N–H and O–H groups in total. The average Bonchev–Trinajstić information content (AvgIpc) is 2.69. The predicted octanol–water partition coefficient (Wildman–Crippen LogP) is 3.37. The van der Waals surface area contributed by atoms with Crippen molar-refractivity contribution < 1.29 is 13.2 Å². The number of sulfone groups is 1. The maximum atomic E-state index is 12.5. The normalized spacial score (nSPS) is 11.1. The number of amides is 1. The molecule has 0 spiro atoms. The van der Waals surface area contributed by atoms with Crippen LogP contribution in [0.1, 0.15) is 15.9 Å². The molecule has 3 rings (SSSR count). The molecule has 0 saturated carbocycles. The van der Waals surface area contributed by atoms with Crippen LogP contribution in [0.3, 0.4) is 0 Å². The van der Waals surface area contributed by atoms with Crippen LogP contribution in [0.15, 0.2) is 77.8 Å². The topological polar surface area (TPSA) is 79.4 Å². The van der Waals surface area contributed by atoms with Crippen LogP contribution in [0, 0.1) is 0 Å². The zero-order valence-electron chi connectivity index (χ0n) is 15.7. The molecule has 144 valence electrons. The van der Waals surface area contributed by atoms with Crippen molar-refractivity contribution in [2.75, 3.05) is 24.3 Å². The van der Waals surface area contributed by atoms with Crippen molar-refractivity contribution >= 4 is 27.2 Å². The number of rotatable bonds is 6.